The molecular weight excluding hydrogens is 194 g/mol. The van der Waals surface area contributed by atoms with E-state index in [0.717, 1.165) is 13.0 Å². The number of carboxylic acid groups (broad SMARTS) is 1. The van der Waals surface area contributed by atoms with Crippen molar-refractivity contribution >= 4 is 5.97 Å². The van der Waals surface area contributed by atoms with Crippen LogP contribution >= 0.6 is 0 Å². The molecule has 1 aromatic rings. The summed E-state index contributed by atoms with van der Waals surface area (Å²) in [5.41, 5.74) is 0.940. The largest absolute Gasteiger partial charge is 0.478 e. The predicted octanol–water partition coefficient (Wildman–Crippen LogP) is 0.784. The fraction of sp³-hybridized carbons (Fsp3) is 0.400. The first-order valence-electron chi connectivity index (χ1n) is 4.72. The number of nitrogens with zero attached hydrogens (tertiary/aromatic N) is 2. The van der Waals surface area contributed by atoms with Gasteiger partial charge in [0.25, 0.3) is 0 Å². The molecule has 0 aromatic carbocycles. The first-order chi connectivity index (χ1) is 7.16. The molecule has 1 aromatic heterocycles. The Kier molecular flexibility index (Phi) is 4.05. The van der Waals surface area contributed by atoms with E-state index in [1.54, 1.807) is 11.7 Å². The summed E-state index contributed by atoms with van der Waals surface area (Å²) in [5, 5.41) is 15.9. The summed E-state index contributed by atoms with van der Waals surface area (Å²) in [5.74, 6) is -0.941. The molecule has 0 aliphatic rings. The summed E-state index contributed by atoms with van der Waals surface area (Å²) in [6.07, 6.45) is 4.04. The zero-order valence-electron chi connectivity index (χ0n) is 8.73. The van der Waals surface area contributed by atoms with E-state index < -0.39 is 5.97 Å². The van der Waals surface area contributed by atoms with Gasteiger partial charge in [0.05, 0.1) is 11.9 Å². The van der Waals surface area contributed by atoms with Crippen molar-refractivity contribution in [1.82, 2.24) is 15.1 Å². The van der Waals surface area contributed by atoms with Crippen LogP contribution in [0.25, 0.3) is 0 Å². The van der Waals surface area contributed by atoms with Crippen LogP contribution in [0.3, 0.4) is 0 Å². The molecule has 5 heteroatoms. The van der Waals surface area contributed by atoms with Crippen molar-refractivity contribution in [2.45, 2.75) is 13.0 Å². The lowest BCUT2D eigenvalue weighted by atomic mass is 10.2. The normalized spacial score (nSPS) is 10.2. The molecule has 0 aliphatic carbocycles. The third-order valence-corrected chi connectivity index (χ3v) is 2.11. The number of aromatic nitrogens is 2. The summed E-state index contributed by atoms with van der Waals surface area (Å²) >= 11 is 0. The number of aryl methyl sites for hydroxylation is 1. The average Bonchev–Trinajstić information content (AvgIpc) is 2.55. The minimum atomic E-state index is -0.941. The Morgan fingerprint density at radius 3 is 3.13 bits per heavy atom. The van der Waals surface area contributed by atoms with Crippen LogP contribution in [0.4, 0.5) is 0 Å². The monoisotopic (exact) mass is 209 g/mol. The molecule has 82 valence electrons. The van der Waals surface area contributed by atoms with Crippen LogP contribution in [0.5, 0.6) is 0 Å². The van der Waals surface area contributed by atoms with Gasteiger partial charge in [0.1, 0.15) is 5.56 Å². The Hall–Kier alpha value is -1.62. The van der Waals surface area contributed by atoms with Crippen LogP contribution < -0.4 is 5.32 Å². The standard InChI is InChI=1S/C10H15N3O2/c1-3-4-5-11-7-9-8(10(14)15)6-12-13(9)2/h3,6,11H,1,4-5,7H2,2H3,(H,14,15). The second-order valence-electron chi connectivity index (χ2n) is 3.19. The molecular formula is C10H15N3O2. The number of nitrogens with one attached hydrogen (secondary N) is 1. The summed E-state index contributed by atoms with van der Waals surface area (Å²) < 4.78 is 1.57. The molecule has 2 N–H and O–H groups in total. The zero-order chi connectivity index (χ0) is 11.3. The van der Waals surface area contributed by atoms with E-state index in [0.29, 0.717) is 12.2 Å². The third-order valence-electron chi connectivity index (χ3n) is 2.11. The van der Waals surface area contributed by atoms with E-state index in [1.807, 2.05) is 6.08 Å². The molecule has 0 saturated carbocycles. The van der Waals surface area contributed by atoms with Gasteiger partial charge in [0.15, 0.2) is 0 Å². The van der Waals surface area contributed by atoms with Gasteiger partial charge < -0.3 is 10.4 Å². The van der Waals surface area contributed by atoms with Crippen LogP contribution in [0.2, 0.25) is 0 Å². The minimum Gasteiger partial charge on any atom is -0.478 e. The molecule has 0 saturated heterocycles. The Morgan fingerprint density at radius 1 is 1.80 bits per heavy atom. The van der Waals surface area contributed by atoms with Gasteiger partial charge in [-0.15, -0.1) is 6.58 Å². The molecule has 0 unspecified atom stereocenters. The Bertz CT molecular complexity index is 358. The highest BCUT2D eigenvalue weighted by molar-refractivity contribution is 5.88. The van der Waals surface area contributed by atoms with Gasteiger partial charge in [0.2, 0.25) is 0 Å². The van der Waals surface area contributed by atoms with Crippen molar-refractivity contribution in [3.05, 3.63) is 30.1 Å². The van der Waals surface area contributed by atoms with Crippen molar-refractivity contribution in [3.63, 3.8) is 0 Å². The van der Waals surface area contributed by atoms with Gasteiger partial charge in [-0.1, -0.05) is 6.08 Å². The first kappa shape index (κ1) is 11.5. The fourth-order valence-corrected chi connectivity index (χ4v) is 1.26. The molecule has 1 heterocycles. The lowest BCUT2D eigenvalue weighted by Gasteiger charge is -2.04. The smallest absolute Gasteiger partial charge is 0.339 e. The maximum atomic E-state index is 10.8. The minimum absolute atomic E-state index is 0.253. The predicted molar refractivity (Wildman–Crippen MR) is 56.7 cm³/mol. The molecule has 0 amide bonds. The fourth-order valence-electron chi connectivity index (χ4n) is 1.26. The Labute approximate surface area is 88.4 Å². The molecule has 0 radical (unpaired) electrons. The highest BCUT2D eigenvalue weighted by atomic mass is 16.4. The van der Waals surface area contributed by atoms with E-state index in [4.69, 9.17) is 5.11 Å². The van der Waals surface area contributed by atoms with Crippen LogP contribution in [-0.4, -0.2) is 27.4 Å². The van der Waals surface area contributed by atoms with E-state index in [-0.39, 0.29) is 5.56 Å². The lowest BCUT2D eigenvalue weighted by Crippen LogP contribution is -2.18. The molecule has 1 rings (SSSR count). The quantitative estimate of drug-likeness (QED) is 0.537. The van der Waals surface area contributed by atoms with E-state index in [9.17, 15) is 4.79 Å². The molecule has 0 atom stereocenters. The highest BCUT2D eigenvalue weighted by Gasteiger charge is 2.13. The van der Waals surface area contributed by atoms with Crippen molar-refractivity contribution in [1.29, 1.82) is 0 Å². The first-order valence-corrected chi connectivity index (χ1v) is 4.72. The number of aromatic carboxylic acids is 1. The molecule has 0 fully saturated rings. The number of hydrogen-bond acceptors (Lipinski definition) is 3. The molecule has 0 spiro atoms. The maximum Gasteiger partial charge on any atom is 0.339 e. The van der Waals surface area contributed by atoms with E-state index >= 15 is 0 Å². The average molecular weight is 209 g/mol. The lowest BCUT2D eigenvalue weighted by molar-refractivity contribution is 0.0695. The van der Waals surface area contributed by atoms with E-state index in [2.05, 4.69) is 17.0 Å². The van der Waals surface area contributed by atoms with Crippen molar-refractivity contribution < 1.29 is 9.90 Å². The van der Waals surface area contributed by atoms with Crippen LogP contribution in [0.1, 0.15) is 22.5 Å². The molecule has 0 bridgehead atoms. The van der Waals surface area contributed by atoms with Gasteiger partial charge in [-0.05, 0) is 13.0 Å². The molecule has 0 aliphatic heterocycles. The van der Waals surface area contributed by atoms with Crippen molar-refractivity contribution in [2.75, 3.05) is 6.54 Å². The van der Waals surface area contributed by atoms with Gasteiger partial charge in [0, 0.05) is 13.6 Å². The zero-order valence-corrected chi connectivity index (χ0v) is 8.73. The number of rotatable bonds is 6. The van der Waals surface area contributed by atoms with Crippen LogP contribution in [0.15, 0.2) is 18.9 Å². The SMILES string of the molecule is C=CCCNCc1c(C(=O)O)cnn1C. The number of hydrogen-bond donors (Lipinski definition) is 2. The topological polar surface area (TPSA) is 67.2 Å². The van der Waals surface area contributed by atoms with Gasteiger partial charge in [-0.3, -0.25) is 4.68 Å². The Balaban J connectivity index is 2.62. The Morgan fingerprint density at radius 2 is 2.53 bits per heavy atom. The molecule has 5 nitrogen and oxygen atoms in total. The number of carbonyl (C=O) groups is 1. The highest BCUT2D eigenvalue weighted by Crippen LogP contribution is 2.06. The van der Waals surface area contributed by atoms with Crippen LogP contribution in [-0.2, 0) is 13.6 Å². The second kappa shape index (κ2) is 5.31. The summed E-state index contributed by atoms with van der Waals surface area (Å²) in [7, 11) is 1.73. The van der Waals surface area contributed by atoms with Crippen LogP contribution in [0, 0.1) is 0 Å². The summed E-state index contributed by atoms with van der Waals surface area (Å²) in [6.45, 7) is 4.90. The summed E-state index contributed by atoms with van der Waals surface area (Å²) in [6, 6.07) is 0. The number of carboxylic acids is 1. The van der Waals surface area contributed by atoms with E-state index in [1.165, 1.54) is 6.20 Å². The van der Waals surface area contributed by atoms with Crippen molar-refractivity contribution in [2.24, 2.45) is 7.05 Å². The van der Waals surface area contributed by atoms with Crippen molar-refractivity contribution in [3.8, 4) is 0 Å². The second-order valence-corrected chi connectivity index (χ2v) is 3.19. The molecule has 15 heavy (non-hydrogen) atoms. The van der Waals surface area contributed by atoms with Gasteiger partial charge >= 0.3 is 5.97 Å². The summed E-state index contributed by atoms with van der Waals surface area (Å²) in [4.78, 5) is 10.8. The van der Waals surface area contributed by atoms with Gasteiger partial charge in [-0.25, -0.2) is 4.79 Å². The third kappa shape index (κ3) is 2.92. The maximum absolute atomic E-state index is 10.8. The van der Waals surface area contributed by atoms with Gasteiger partial charge in [-0.2, -0.15) is 5.10 Å².